The van der Waals surface area contributed by atoms with Gasteiger partial charge < -0.3 is 0 Å². The quantitative estimate of drug-likeness (QED) is 0.235. The van der Waals surface area contributed by atoms with Crippen molar-refractivity contribution in [3.05, 3.63) is 134 Å². The highest BCUT2D eigenvalue weighted by molar-refractivity contribution is 6.03. The largest absolute Gasteiger partial charge is 0.254 e. The molecule has 0 bridgehead atoms. The van der Waals surface area contributed by atoms with Crippen molar-refractivity contribution in [1.82, 2.24) is 19.9 Å². The molecule has 3 heterocycles. The molecule has 0 spiro atoms. The molecular formula is C34H22N4. The first kappa shape index (κ1) is 22.0. The maximum atomic E-state index is 4.97. The standard InChI is InChI=1S/C34H22N4/c1-2-5-23(6-3-1)30-21-36-34(37-22-30)29-16-10-25(11-17-29)24-8-12-26(13-9-24)31-19-18-28-15-14-27-7-4-20-35-32(27)33(28)38-31/h1-22H. The second kappa shape index (κ2) is 9.34. The zero-order valence-corrected chi connectivity index (χ0v) is 20.5. The predicted molar refractivity (Wildman–Crippen MR) is 154 cm³/mol. The van der Waals surface area contributed by atoms with E-state index in [0.29, 0.717) is 0 Å². The van der Waals surface area contributed by atoms with Crippen LogP contribution in [-0.2, 0) is 0 Å². The van der Waals surface area contributed by atoms with E-state index in [1.54, 1.807) is 0 Å². The number of fused-ring (bicyclic) bond motifs is 3. The Morgan fingerprint density at radius 1 is 0.368 bits per heavy atom. The summed E-state index contributed by atoms with van der Waals surface area (Å²) in [7, 11) is 0. The molecule has 178 valence electrons. The summed E-state index contributed by atoms with van der Waals surface area (Å²) >= 11 is 0. The Hall–Kier alpha value is -5.22. The van der Waals surface area contributed by atoms with Crippen molar-refractivity contribution >= 4 is 21.8 Å². The maximum Gasteiger partial charge on any atom is 0.159 e. The van der Waals surface area contributed by atoms with Gasteiger partial charge in [-0.1, -0.05) is 103 Å². The van der Waals surface area contributed by atoms with Crippen LogP contribution in [0.2, 0.25) is 0 Å². The van der Waals surface area contributed by atoms with Crippen LogP contribution in [0.1, 0.15) is 0 Å². The van der Waals surface area contributed by atoms with E-state index < -0.39 is 0 Å². The third kappa shape index (κ3) is 4.08. The number of benzene rings is 4. The minimum absolute atomic E-state index is 0.718. The van der Waals surface area contributed by atoms with Crippen molar-refractivity contribution in [2.45, 2.75) is 0 Å². The SMILES string of the molecule is c1ccc(-c2cnc(-c3ccc(-c4ccc(-c5ccc6ccc7cccnc7c6n5)cc4)cc3)nc2)cc1. The van der Waals surface area contributed by atoms with Gasteiger partial charge in [-0.3, -0.25) is 4.98 Å². The molecule has 0 saturated carbocycles. The molecule has 0 atom stereocenters. The molecule has 0 unspecified atom stereocenters. The number of aromatic nitrogens is 4. The van der Waals surface area contributed by atoms with Gasteiger partial charge in [-0.2, -0.15) is 0 Å². The molecule has 7 aromatic rings. The molecule has 0 amide bonds. The van der Waals surface area contributed by atoms with Crippen molar-refractivity contribution in [2.24, 2.45) is 0 Å². The Bertz CT molecular complexity index is 1880. The minimum Gasteiger partial charge on any atom is -0.254 e. The van der Waals surface area contributed by atoms with Crippen molar-refractivity contribution in [1.29, 1.82) is 0 Å². The molecule has 0 radical (unpaired) electrons. The van der Waals surface area contributed by atoms with Crippen molar-refractivity contribution in [3.63, 3.8) is 0 Å². The summed E-state index contributed by atoms with van der Waals surface area (Å²) in [6.45, 7) is 0. The van der Waals surface area contributed by atoms with E-state index in [0.717, 1.165) is 66.7 Å². The first-order valence-corrected chi connectivity index (χ1v) is 12.6. The van der Waals surface area contributed by atoms with Crippen LogP contribution in [0.15, 0.2) is 134 Å². The Morgan fingerprint density at radius 3 is 1.66 bits per heavy atom. The number of hydrogen-bond acceptors (Lipinski definition) is 4. The van der Waals surface area contributed by atoms with Crippen molar-refractivity contribution in [3.8, 4) is 44.9 Å². The topological polar surface area (TPSA) is 51.6 Å². The summed E-state index contributed by atoms with van der Waals surface area (Å²) in [5, 5.41) is 2.19. The van der Waals surface area contributed by atoms with Crippen molar-refractivity contribution in [2.75, 3.05) is 0 Å². The Balaban J connectivity index is 1.14. The Labute approximate surface area is 220 Å². The smallest absolute Gasteiger partial charge is 0.159 e. The third-order valence-corrected chi connectivity index (χ3v) is 6.85. The maximum absolute atomic E-state index is 4.97. The fourth-order valence-corrected chi connectivity index (χ4v) is 4.79. The first-order chi connectivity index (χ1) is 18.8. The molecule has 0 aliphatic heterocycles. The summed E-state index contributed by atoms with van der Waals surface area (Å²) in [6.07, 6.45) is 5.58. The zero-order chi connectivity index (χ0) is 25.3. The van der Waals surface area contributed by atoms with Gasteiger partial charge in [0, 0.05) is 46.1 Å². The summed E-state index contributed by atoms with van der Waals surface area (Å²) in [5.74, 6) is 0.718. The van der Waals surface area contributed by atoms with Gasteiger partial charge >= 0.3 is 0 Å². The van der Waals surface area contributed by atoms with E-state index in [-0.39, 0.29) is 0 Å². The Morgan fingerprint density at radius 2 is 0.947 bits per heavy atom. The van der Waals surface area contributed by atoms with Crippen LogP contribution in [0, 0.1) is 0 Å². The second-order valence-electron chi connectivity index (χ2n) is 9.22. The lowest BCUT2D eigenvalue weighted by molar-refractivity contribution is 1.18. The molecule has 0 aliphatic rings. The summed E-state index contributed by atoms with van der Waals surface area (Å²) in [5.41, 5.74) is 9.28. The molecule has 7 rings (SSSR count). The summed E-state index contributed by atoms with van der Waals surface area (Å²) < 4.78 is 0. The van der Waals surface area contributed by atoms with Gasteiger partial charge in [0.15, 0.2) is 5.82 Å². The van der Waals surface area contributed by atoms with Gasteiger partial charge in [0.25, 0.3) is 0 Å². The van der Waals surface area contributed by atoms with E-state index >= 15 is 0 Å². The minimum atomic E-state index is 0.718. The van der Waals surface area contributed by atoms with E-state index in [1.165, 1.54) is 0 Å². The van der Waals surface area contributed by atoms with E-state index in [9.17, 15) is 0 Å². The van der Waals surface area contributed by atoms with E-state index in [1.807, 2.05) is 42.9 Å². The normalized spacial score (nSPS) is 11.2. The highest BCUT2D eigenvalue weighted by Gasteiger charge is 2.08. The molecule has 0 aliphatic carbocycles. The highest BCUT2D eigenvalue weighted by Crippen LogP contribution is 2.29. The van der Waals surface area contributed by atoms with Gasteiger partial charge in [0.1, 0.15) is 0 Å². The van der Waals surface area contributed by atoms with Crippen LogP contribution >= 0.6 is 0 Å². The molecule has 0 saturated heterocycles. The fourth-order valence-electron chi connectivity index (χ4n) is 4.79. The first-order valence-electron chi connectivity index (χ1n) is 12.6. The van der Waals surface area contributed by atoms with Crippen LogP contribution in [0.25, 0.3) is 66.7 Å². The van der Waals surface area contributed by atoms with Crippen LogP contribution in [0.4, 0.5) is 0 Å². The summed E-state index contributed by atoms with van der Waals surface area (Å²) in [4.78, 5) is 18.7. The van der Waals surface area contributed by atoms with Gasteiger partial charge in [0.05, 0.1) is 16.7 Å². The van der Waals surface area contributed by atoms with Crippen LogP contribution in [0.5, 0.6) is 0 Å². The average molecular weight is 487 g/mol. The average Bonchev–Trinajstić information content (AvgIpc) is 3.01. The summed E-state index contributed by atoms with van der Waals surface area (Å²) in [6, 6.07) is 39.5. The lowest BCUT2D eigenvalue weighted by Crippen LogP contribution is -1.90. The molecular weight excluding hydrogens is 464 g/mol. The molecule has 4 aromatic carbocycles. The van der Waals surface area contributed by atoms with Gasteiger partial charge in [-0.15, -0.1) is 0 Å². The van der Waals surface area contributed by atoms with Crippen molar-refractivity contribution < 1.29 is 0 Å². The molecule has 4 nitrogen and oxygen atoms in total. The second-order valence-corrected chi connectivity index (χ2v) is 9.22. The monoisotopic (exact) mass is 486 g/mol. The molecule has 38 heavy (non-hydrogen) atoms. The lowest BCUT2D eigenvalue weighted by Gasteiger charge is -2.08. The molecule has 3 aromatic heterocycles. The number of pyridine rings is 2. The molecule has 0 fully saturated rings. The van der Waals surface area contributed by atoms with Gasteiger partial charge in [-0.25, -0.2) is 15.0 Å². The predicted octanol–water partition coefficient (Wildman–Crippen LogP) is 8.24. The fraction of sp³-hybridized carbons (Fsp3) is 0. The Kier molecular flexibility index (Phi) is 5.41. The lowest BCUT2D eigenvalue weighted by atomic mass is 10.0. The highest BCUT2D eigenvalue weighted by atomic mass is 14.9. The van der Waals surface area contributed by atoms with Crippen LogP contribution in [-0.4, -0.2) is 19.9 Å². The third-order valence-electron chi connectivity index (χ3n) is 6.85. The number of rotatable bonds is 4. The van der Waals surface area contributed by atoms with E-state index in [2.05, 4.69) is 106 Å². The number of hydrogen-bond donors (Lipinski definition) is 0. The van der Waals surface area contributed by atoms with Crippen LogP contribution < -0.4 is 0 Å². The van der Waals surface area contributed by atoms with E-state index in [4.69, 9.17) is 4.98 Å². The van der Waals surface area contributed by atoms with Gasteiger partial charge in [0.2, 0.25) is 0 Å². The molecule has 0 N–H and O–H groups in total. The van der Waals surface area contributed by atoms with Gasteiger partial charge in [-0.05, 0) is 28.8 Å². The zero-order valence-electron chi connectivity index (χ0n) is 20.5. The van der Waals surface area contributed by atoms with Crippen LogP contribution in [0.3, 0.4) is 0 Å². The molecule has 4 heteroatoms. The number of nitrogens with zero attached hydrogens (tertiary/aromatic N) is 4.